The van der Waals surface area contributed by atoms with Gasteiger partial charge in [-0.15, -0.1) is 11.3 Å². The Balaban J connectivity index is 2.81. The molecule has 0 radical (unpaired) electrons. The van der Waals surface area contributed by atoms with Crippen LogP contribution in [0.3, 0.4) is 0 Å². The summed E-state index contributed by atoms with van der Waals surface area (Å²) in [6.45, 7) is 4.11. The van der Waals surface area contributed by atoms with Crippen molar-refractivity contribution >= 4 is 17.3 Å². The van der Waals surface area contributed by atoms with Gasteiger partial charge in [0, 0.05) is 4.88 Å². The van der Waals surface area contributed by atoms with Crippen molar-refractivity contribution in [3.05, 3.63) is 22.4 Å². The van der Waals surface area contributed by atoms with Crippen LogP contribution in [0, 0.1) is 23.2 Å². The van der Waals surface area contributed by atoms with Gasteiger partial charge in [0.15, 0.2) is 0 Å². The number of rotatable bonds is 5. The Kier molecular flexibility index (Phi) is 4.51. The average Bonchev–Trinajstić information content (AvgIpc) is 2.71. The highest BCUT2D eigenvalue weighted by Gasteiger charge is 2.25. The first kappa shape index (κ1) is 12.7. The van der Waals surface area contributed by atoms with Gasteiger partial charge in [-0.25, -0.2) is 0 Å². The van der Waals surface area contributed by atoms with Crippen LogP contribution in [-0.4, -0.2) is 11.1 Å². The van der Waals surface area contributed by atoms with Crippen LogP contribution < -0.4 is 0 Å². The molecule has 0 spiro atoms. The van der Waals surface area contributed by atoms with Gasteiger partial charge in [-0.05, 0) is 29.7 Å². The topological polar surface area (TPSA) is 61.1 Å². The van der Waals surface area contributed by atoms with Crippen molar-refractivity contribution in [2.24, 2.45) is 11.8 Å². The molecule has 0 saturated heterocycles. The lowest BCUT2D eigenvalue weighted by molar-refractivity contribution is -0.140. The number of aliphatic carboxylic acids is 1. The molecule has 1 heterocycles. The lowest BCUT2D eigenvalue weighted by atomic mass is 9.86. The molecular weight excluding hydrogens is 222 g/mol. The SMILES string of the molecule is CC(C)C(CC(C#N)C(=O)O)c1cccs1. The van der Waals surface area contributed by atoms with Gasteiger partial charge in [0.1, 0.15) is 5.92 Å². The minimum absolute atomic E-state index is 0.153. The van der Waals surface area contributed by atoms with Gasteiger partial charge in [0.25, 0.3) is 0 Å². The Morgan fingerprint density at radius 2 is 2.31 bits per heavy atom. The molecule has 86 valence electrons. The smallest absolute Gasteiger partial charge is 0.320 e. The van der Waals surface area contributed by atoms with Gasteiger partial charge in [-0.3, -0.25) is 4.79 Å². The van der Waals surface area contributed by atoms with Gasteiger partial charge in [0.2, 0.25) is 0 Å². The van der Waals surface area contributed by atoms with Crippen LogP contribution >= 0.6 is 11.3 Å². The minimum Gasteiger partial charge on any atom is -0.480 e. The van der Waals surface area contributed by atoms with E-state index in [4.69, 9.17) is 10.4 Å². The number of carboxylic acid groups (broad SMARTS) is 1. The molecule has 2 unspecified atom stereocenters. The number of nitrogens with zero attached hydrogens (tertiary/aromatic N) is 1. The zero-order chi connectivity index (χ0) is 12.1. The van der Waals surface area contributed by atoms with E-state index in [2.05, 4.69) is 13.8 Å². The van der Waals surface area contributed by atoms with Gasteiger partial charge in [-0.1, -0.05) is 19.9 Å². The summed E-state index contributed by atoms with van der Waals surface area (Å²) >= 11 is 1.62. The summed E-state index contributed by atoms with van der Waals surface area (Å²) in [5.41, 5.74) is 0. The Morgan fingerprint density at radius 1 is 1.62 bits per heavy atom. The number of carboxylic acids is 1. The fourth-order valence-electron chi connectivity index (χ4n) is 1.68. The highest BCUT2D eigenvalue weighted by atomic mass is 32.1. The van der Waals surface area contributed by atoms with Crippen molar-refractivity contribution < 1.29 is 9.90 Å². The number of thiophene rings is 1. The highest BCUT2D eigenvalue weighted by Crippen LogP contribution is 2.33. The van der Waals surface area contributed by atoms with Crippen LogP contribution in [-0.2, 0) is 4.79 Å². The number of hydrogen-bond donors (Lipinski definition) is 1. The molecule has 3 nitrogen and oxygen atoms in total. The molecule has 16 heavy (non-hydrogen) atoms. The summed E-state index contributed by atoms with van der Waals surface area (Å²) in [4.78, 5) is 12.0. The van der Waals surface area contributed by atoms with Gasteiger partial charge in [0.05, 0.1) is 6.07 Å². The van der Waals surface area contributed by atoms with E-state index in [1.165, 1.54) is 0 Å². The third-order valence-corrected chi connectivity index (χ3v) is 3.66. The quantitative estimate of drug-likeness (QED) is 0.856. The second kappa shape index (κ2) is 5.66. The van der Waals surface area contributed by atoms with Crippen LogP contribution in [0.4, 0.5) is 0 Å². The molecule has 4 heteroatoms. The Hall–Kier alpha value is -1.34. The number of carbonyl (C=O) groups is 1. The molecule has 1 aromatic rings. The molecule has 0 amide bonds. The standard InChI is InChI=1S/C12H15NO2S/c1-8(2)10(11-4-3-5-16-11)6-9(7-13)12(14)15/h3-5,8-10H,6H2,1-2H3,(H,14,15). The first-order valence-electron chi connectivity index (χ1n) is 5.22. The van der Waals surface area contributed by atoms with Crippen LogP contribution in [0.2, 0.25) is 0 Å². The summed E-state index contributed by atoms with van der Waals surface area (Å²) in [5, 5.41) is 19.7. The normalized spacial score (nSPS) is 14.4. The first-order valence-corrected chi connectivity index (χ1v) is 6.10. The third kappa shape index (κ3) is 3.07. The molecule has 0 bridgehead atoms. The second-order valence-electron chi connectivity index (χ2n) is 4.12. The predicted octanol–water partition coefficient (Wildman–Crippen LogP) is 3.10. The summed E-state index contributed by atoms with van der Waals surface area (Å²) in [6, 6.07) is 5.82. The maximum Gasteiger partial charge on any atom is 0.320 e. The van der Waals surface area contributed by atoms with Crippen LogP contribution in [0.5, 0.6) is 0 Å². The van der Waals surface area contributed by atoms with Crippen LogP contribution in [0.25, 0.3) is 0 Å². The molecule has 1 aromatic heterocycles. The second-order valence-corrected chi connectivity index (χ2v) is 5.10. The average molecular weight is 237 g/mol. The molecule has 1 N–H and O–H groups in total. The Labute approximate surface area is 99.3 Å². The fraction of sp³-hybridized carbons (Fsp3) is 0.500. The Bertz CT molecular complexity index is 378. The fourth-order valence-corrected chi connectivity index (χ4v) is 2.70. The van der Waals surface area contributed by atoms with E-state index in [1.807, 2.05) is 23.6 Å². The third-order valence-electron chi connectivity index (χ3n) is 2.66. The highest BCUT2D eigenvalue weighted by molar-refractivity contribution is 7.10. The summed E-state index contributed by atoms with van der Waals surface area (Å²) in [6.07, 6.45) is 0.393. The molecular formula is C12H15NO2S. The van der Waals surface area contributed by atoms with E-state index in [1.54, 1.807) is 11.3 Å². The monoisotopic (exact) mass is 237 g/mol. The molecule has 2 atom stereocenters. The van der Waals surface area contributed by atoms with E-state index in [-0.39, 0.29) is 5.92 Å². The molecule has 0 saturated carbocycles. The van der Waals surface area contributed by atoms with Crippen molar-refractivity contribution in [3.63, 3.8) is 0 Å². The van der Waals surface area contributed by atoms with Crippen molar-refractivity contribution in [2.75, 3.05) is 0 Å². The molecule has 0 fully saturated rings. The maximum atomic E-state index is 10.8. The van der Waals surface area contributed by atoms with E-state index in [0.29, 0.717) is 12.3 Å². The van der Waals surface area contributed by atoms with Gasteiger partial charge < -0.3 is 5.11 Å². The number of hydrogen-bond acceptors (Lipinski definition) is 3. The van der Waals surface area contributed by atoms with E-state index in [9.17, 15) is 4.79 Å². The minimum atomic E-state index is -1.02. The first-order chi connectivity index (χ1) is 7.56. The summed E-state index contributed by atoms with van der Waals surface area (Å²) in [7, 11) is 0. The largest absolute Gasteiger partial charge is 0.480 e. The van der Waals surface area contributed by atoms with Crippen molar-refractivity contribution in [2.45, 2.75) is 26.2 Å². The zero-order valence-electron chi connectivity index (χ0n) is 9.38. The lowest BCUT2D eigenvalue weighted by Gasteiger charge is -2.20. The molecule has 0 aliphatic rings. The summed E-state index contributed by atoms with van der Waals surface area (Å²) in [5.74, 6) is -1.44. The lowest BCUT2D eigenvalue weighted by Crippen LogP contribution is -2.17. The van der Waals surface area contributed by atoms with Crippen molar-refractivity contribution in [3.8, 4) is 6.07 Å². The molecule has 0 aliphatic carbocycles. The molecule has 0 aromatic carbocycles. The van der Waals surface area contributed by atoms with E-state index in [0.717, 1.165) is 4.88 Å². The summed E-state index contributed by atoms with van der Waals surface area (Å²) < 4.78 is 0. The van der Waals surface area contributed by atoms with E-state index >= 15 is 0 Å². The maximum absolute atomic E-state index is 10.8. The number of nitriles is 1. The molecule has 0 aliphatic heterocycles. The van der Waals surface area contributed by atoms with E-state index < -0.39 is 11.9 Å². The Morgan fingerprint density at radius 3 is 2.69 bits per heavy atom. The van der Waals surface area contributed by atoms with Crippen molar-refractivity contribution in [1.29, 1.82) is 5.26 Å². The van der Waals surface area contributed by atoms with Crippen LogP contribution in [0.15, 0.2) is 17.5 Å². The zero-order valence-corrected chi connectivity index (χ0v) is 10.2. The predicted molar refractivity (Wildman–Crippen MR) is 63.3 cm³/mol. The van der Waals surface area contributed by atoms with Crippen molar-refractivity contribution in [1.82, 2.24) is 0 Å². The van der Waals surface area contributed by atoms with Gasteiger partial charge >= 0.3 is 5.97 Å². The molecule has 1 rings (SSSR count). The van der Waals surface area contributed by atoms with Crippen LogP contribution in [0.1, 0.15) is 31.1 Å². The van der Waals surface area contributed by atoms with Gasteiger partial charge in [-0.2, -0.15) is 5.26 Å².